The average Bonchev–Trinajstić information content (AvgIpc) is 3.11. The molecule has 1 spiro atoms. The minimum Gasteiger partial charge on any atom is -0.350 e. The molecule has 3 fully saturated rings. The van der Waals surface area contributed by atoms with E-state index in [1.54, 1.807) is 11.1 Å². The van der Waals surface area contributed by atoms with Crippen LogP contribution in [0.1, 0.15) is 61.8 Å². The third-order valence-corrected chi connectivity index (χ3v) is 9.33. The molecule has 1 aromatic heterocycles. The normalized spacial score (nSPS) is 26.1. The van der Waals surface area contributed by atoms with Crippen LogP contribution in [0.2, 0.25) is 0 Å². The Labute approximate surface area is 221 Å². The molecule has 0 bridgehead atoms. The summed E-state index contributed by atoms with van der Waals surface area (Å²) >= 11 is 0. The van der Waals surface area contributed by atoms with Gasteiger partial charge in [-0.25, -0.2) is 4.79 Å². The Balaban J connectivity index is 1.30. The predicted octanol–water partition coefficient (Wildman–Crippen LogP) is 4.31. The van der Waals surface area contributed by atoms with Gasteiger partial charge in [-0.2, -0.15) is 0 Å². The van der Waals surface area contributed by atoms with Crippen molar-refractivity contribution in [3.8, 4) is 0 Å². The molecule has 198 valence electrons. The van der Waals surface area contributed by atoms with E-state index in [0.717, 1.165) is 43.5 Å². The molecule has 3 amide bonds. The highest BCUT2D eigenvalue weighted by Crippen LogP contribution is 2.49. The summed E-state index contributed by atoms with van der Waals surface area (Å²) in [7, 11) is 4.36. The lowest BCUT2D eigenvalue weighted by atomic mass is 9.68. The van der Waals surface area contributed by atoms with E-state index in [0.29, 0.717) is 19.0 Å². The fraction of sp³-hybridized carbons (Fsp3) is 0.567. The van der Waals surface area contributed by atoms with Gasteiger partial charge in [0.1, 0.15) is 6.54 Å². The highest BCUT2D eigenvalue weighted by atomic mass is 16.2. The minimum atomic E-state index is -0.193. The predicted molar refractivity (Wildman–Crippen MR) is 145 cm³/mol. The van der Waals surface area contributed by atoms with Gasteiger partial charge < -0.3 is 15.1 Å². The molecule has 5 rings (SSSR count). The van der Waals surface area contributed by atoms with Crippen molar-refractivity contribution in [3.05, 3.63) is 65.5 Å². The number of carbonyl (C=O) groups excluding carboxylic acids is 2. The van der Waals surface area contributed by atoms with Crippen molar-refractivity contribution in [2.45, 2.75) is 69.5 Å². The summed E-state index contributed by atoms with van der Waals surface area (Å²) in [6.45, 7) is 3.95. The van der Waals surface area contributed by atoms with Crippen LogP contribution in [0.5, 0.6) is 0 Å². The molecule has 0 atom stereocenters. The zero-order valence-electron chi connectivity index (χ0n) is 22.6. The number of urea groups is 1. The zero-order chi connectivity index (χ0) is 26.0. The van der Waals surface area contributed by atoms with Crippen LogP contribution in [-0.2, 0) is 16.9 Å². The SMILES string of the molecule is Cc1ncccc1CNC(=O)CN1C[C@]2(CC[C@](c3ccccc3)(N(C)C)CC2)N(CC2CCC2)C1=O. The van der Waals surface area contributed by atoms with Gasteiger partial charge in [0.2, 0.25) is 5.91 Å². The summed E-state index contributed by atoms with van der Waals surface area (Å²) in [6, 6.07) is 14.7. The van der Waals surface area contributed by atoms with Crippen molar-refractivity contribution >= 4 is 11.9 Å². The Morgan fingerprint density at radius 3 is 2.43 bits per heavy atom. The van der Waals surface area contributed by atoms with Crippen molar-refractivity contribution in [3.63, 3.8) is 0 Å². The number of benzene rings is 1. The average molecular weight is 504 g/mol. The van der Waals surface area contributed by atoms with E-state index >= 15 is 0 Å². The van der Waals surface area contributed by atoms with Gasteiger partial charge in [-0.05, 0) is 82.7 Å². The largest absolute Gasteiger partial charge is 0.350 e. The van der Waals surface area contributed by atoms with E-state index in [1.807, 2.05) is 19.1 Å². The van der Waals surface area contributed by atoms with Crippen molar-refractivity contribution in [1.29, 1.82) is 0 Å². The molecule has 3 aliphatic rings. The van der Waals surface area contributed by atoms with E-state index in [4.69, 9.17) is 0 Å². The smallest absolute Gasteiger partial charge is 0.321 e. The van der Waals surface area contributed by atoms with E-state index < -0.39 is 0 Å². The van der Waals surface area contributed by atoms with Crippen LogP contribution in [-0.4, -0.2) is 70.9 Å². The fourth-order valence-corrected chi connectivity index (χ4v) is 6.64. The lowest BCUT2D eigenvalue weighted by Gasteiger charge is -2.51. The zero-order valence-corrected chi connectivity index (χ0v) is 22.6. The number of aryl methyl sites for hydroxylation is 1. The Morgan fingerprint density at radius 1 is 1.08 bits per heavy atom. The number of nitrogens with one attached hydrogen (secondary N) is 1. The molecule has 1 N–H and O–H groups in total. The first kappa shape index (κ1) is 25.7. The molecule has 2 aliphatic carbocycles. The molecule has 1 aromatic carbocycles. The minimum absolute atomic E-state index is 0.0237. The van der Waals surface area contributed by atoms with E-state index in [1.165, 1.54) is 24.8 Å². The summed E-state index contributed by atoms with van der Waals surface area (Å²) in [5.41, 5.74) is 3.05. The highest BCUT2D eigenvalue weighted by Gasteiger charge is 2.55. The van der Waals surface area contributed by atoms with Crippen molar-refractivity contribution in [2.24, 2.45) is 5.92 Å². The molecular weight excluding hydrogens is 462 g/mol. The molecule has 0 radical (unpaired) electrons. The molecule has 0 unspecified atom stereocenters. The van der Waals surface area contributed by atoms with Gasteiger partial charge in [0.05, 0.1) is 5.54 Å². The monoisotopic (exact) mass is 503 g/mol. The molecule has 1 aliphatic heterocycles. The number of amides is 3. The van der Waals surface area contributed by atoms with Gasteiger partial charge in [0, 0.05) is 37.1 Å². The van der Waals surface area contributed by atoms with Crippen LogP contribution in [0.15, 0.2) is 48.7 Å². The fourth-order valence-electron chi connectivity index (χ4n) is 6.64. The molecular formula is C30H41N5O2. The summed E-state index contributed by atoms with van der Waals surface area (Å²) in [4.78, 5) is 37.3. The lowest BCUT2D eigenvalue weighted by molar-refractivity contribution is -0.121. The topological polar surface area (TPSA) is 68.8 Å². The van der Waals surface area contributed by atoms with Crippen molar-refractivity contribution in [2.75, 3.05) is 33.7 Å². The summed E-state index contributed by atoms with van der Waals surface area (Å²) in [5, 5.41) is 3.01. The Kier molecular flexibility index (Phi) is 7.26. The number of nitrogens with zero attached hydrogens (tertiary/aromatic N) is 4. The first-order valence-electron chi connectivity index (χ1n) is 13.8. The van der Waals surface area contributed by atoms with Gasteiger partial charge in [0.25, 0.3) is 0 Å². The molecule has 37 heavy (non-hydrogen) atoms. The molecule has 7 nitrogen and oxygen atoms in total. The quantitative estimate of drug-likeness (QED) is 0.583. The van der Waals surface area contributed by atoms with Crippen molar-refractivity contribution in [1.82, 2.24) is 25.0 Å². The Hall–Kier alpha value is -2.93. The first-order valence-corrected chi connectivity index (χ1v) is 13.8. The van der Waals surface area contributed by atoms with Crippen LogP contribution < -0.4 is 5.32 Å². The van der Waals surface area contributed by atoms with Gasteiger partial charge >= 0.3 is 6.03 Å². The third-order valence-electron chi connectivity index (χ3n) is 9.33. The Bertz CT molecular complexity index is 1110. The maximum atomic E-state index is 13.7. The lowest BCUT2D eigenvalue weighted by Crippen LogP contribution is -2.56. The number of aromatic nitrogens is 1. The van der Waals surface area contributed by atoms with Crippen LogP contribution >= 0.6 is 0 Å². The van der Waals surface area contributed by atoms with E-state index in [-0.39, 0.29) is 29.6 Å². The maximum Gasteiger partial charge on any atom is 0.321 e. The second-order valence-corrected chi connectivity index (χ2v) is 11.6. The highest BCUT2D eigenvalue weighted by molar-refractivity contribution is 5.86. The molecule has 1 saturated heterocycles. The van der Waals surface area contributed by atoms with E-state index in [9.17, 15) is 9.59 Å². The second kappa shape index (κ2) is 10.4. The van der Waals surface area contributed by atoms with Gasteiger partial charge in [-0.15, -0.1) is 0 Å². The first-order chi connectivity index (χ1) is 17.8. The van der Waals surface area contributed by atoms with Crippen molar-refractivity contribution < 1.29 is 9.59 Å². The standard InChI is InChI=1S/C30H41N5O2/c1-23-25(11-8-18-31-23)19-32-27(36)21-34-22-29(35(28(34)37)20-24-9-7-10-24)14-16-30(17-15-29,33(2)3)26-12-5-4-6-13-26/h4-6,8,11-13,18,24H,7,9-10,14-17,19-22H2,1-3H3,(H,32,36)/t29-,30+. The summed E-state index contributed by atoms with van der Waals surface area (Å²) in [5.74, 6) is 0.484. The molecule has 2 saturated carbocycles. The van der Waals surface area contributed by atoms with Gasteiger partial charge in [-0.3, -0.25) is 14.7 Å². The summed E-state index contributed by atoms with van der Waals surface area (Å²) in [6.07, 6.45) is 9.32. The van der Waals surface area contributed by atoms with E-state index in [2.05, 4.69) is 64.5 Å². The number of rotatable bonds is 8. The number of hydrogen-bond donors (Lipinski definition) is 1. The Morgan fingerprint density at radius 2 is 1.81 bits per heavy atom. The third kappa shape index (κ3) is 4.98. The maximum absolute atomic E-state index is 13.7. The van der Waals surface area contributed by atoms with Gasteiger partial charge in [0.15, 0.2) is 0 Å². The number of hydrogen-bond acceptors (Lipinski definition) is 4. The van der Waals surface area contributed by atoms with Crippen LogP contribution in [0.25, 0.3) is 0 Å². The molecule has 2 heterocycles. The van der Waals surface area contributed by atoms with Gasteiger partial charge in [-0.1, -0.05) is 42.8 Å². The number of carbonyl (C=O) groups is 2. The molecule has 2 aromatic rings. The van der Waals surface area contributed by atoms with Crippen LogP contribution in [0.4, 0.5) is 4.79 Å². The second-order valence-electron chi connectivity index (χ2n) is 11.6. The summed E-state index contributed by atoms with van der Waals surface area (Å²) < 4.78 is 0. The number of pyridine rings is 1. The van der Waals surface area contributed by atoms with Crippen LogP contribution in [0.3, 0.4) is 0 Å². The molecule has 7 heteroatoms. The van der Waals surface area contributed by atoms with Crippen LogP contribution in [0, 0.1) is 12.8 Å².